The number of nitrogens with zero attached hydrogens (tertiary/aromatic N) is 2. The molecule has 2 aromatic heterocycles. The van der Waals surface area contributed by atoms with E-state index in [1.807, 2.05) is 6.92 Å². The van der Waals surface area contributed by atoms with Crippen LogP contribution >= 0.6 is 11.3 Å². The first-order valence-corrected chi connectivity index (χ1v) is 11.9. The van der Waals surface area contributed by atoms with Crippen LogP contribution in [0.1, 0.15) is 20.8 Å². The average molecular weight is 471 g/mol. The van der Waals surface area contributed by atoms with Gasteiger partial charge in [0.25, 0.3) is 15.9 Å². The van der Waals surface area contributed by atoms with Crippen LogP contribution in [0.15, 0.2) is 77.5 Å². The zero-order valence-corrected chi connectivity index (χ0v) is 18.6. The Hall–Kier alpha value is -3.50. The number of aromatic nitrogens is 2. The Morgan fingerprint density at radius 2 is 1.94 bits per heavy atom. The fourth-order valence-corrected chi connectivity index (χ4v) is 5.44. The van der Waals surface area contributed by atoms with Gasteiger partial charge in [0.15, 0.2) is 0 Å². The highest BCUT2D eigenvalue weighted by Gasteiger charge is 2.24. The van der Waals surface area contributed by atoms with Gasteiger partial charge in [0.05, 0.1) is 12.0 Å². The van der Waals surface area contributed by atoms with Gasteiger partial charge in [-0.3, -0.25) is 9.52 Å². The number of sulfonamides is 1. The summed E-state index contributed by atoms with van der Waals surface area (Å²) in [5.41, 5.74) is 2.28. The molecule has 32 heavy (non-hydrogen) atoms. The van der Waals surface area contributed by atoms with Crippen LogP contribution < -0.4 is 10.0 Å². The van der Waals surface area contributed by atoms with E-state index >= 15 is 0 Å². The smallest absolute Gasteiger partial charge is 0.263 e. The molecule has 0 aliphatic rings. The number of benzene rings is 2. The summed E-state index contributed by atoms with van der Waals surface area (Å²) in [5, 5.41) is 4.20. The summed E-state index contributed by atoms with van der Waals surface area (Å²) in [4.78, 5) is 16.5. The van der Waals surface area contributed by atoms with E-state index in [4.69, 9.17) is 0 Å². The first-order chi connectivity index (χ1) is 15.3. The highest BCUT2D eigenvalue weighted by molar-refractivity contribution is 7.93. The van der Waals surface area contributed by atoms with Gasteiger partial charge in [0, 0.05) is 24.6 Å². The highest BCUT2D eigenvalue weighted by Crippen LogP contribution is 2.25. The Morgan fingerprint density at radius 3 is 2.62 bits per heavy atom. The molecule has 7 nitrogen and oxygen atoms in total. The number of halogens is 1. The SMILES string of the molecule is Cc1ccc(NS(=O)(=O)c2ccsc2C(=O)NCc2ccc(-n3ccnc3)c(F)c2)cc1. The van der Waals surface area contributed by atoms with E-state index in [-0.39, 0.29) is 16.3 Å². The van der Waals surface area contributed by atoms with Crippen molar-refractivity contribution in [2.24, 2.45) is 0 Å². The molecule has 4 aromatic rings. The van der Waals surface area contributed by atoms with Crippen molar-refractivity contribution in [3.05, 3.63) is 94.5 Å². The molecule has 164 valence electrons. The van der Waals surface area contributed by atoms with Crippen molar-refractivity contribution in [2.75, 3.05) is 4.72 Å². The Morgan fingerprint density at radius 1 is 1.16 bits per heavy atom. The number of aryl methyl sites for hydroxylation is 1. The lowest BCUT2D eigenvalue weighted by molar-refractivity contribution is 0.0952. The number of amides is 1. The zero-order chi connectivity index (χ0) is 22.7. The van der Waals surface area contributed by atoms with E-state index in [1.54, 1.807) is 53.4 Å². The number of rotatable bonds is 7. The molecule has 0 bridgehead atoms. The number of thiophene rings is 1. The first kappa shape index (κ1) is 21.7. The van der Waals surface area contributed by atoms with E-state index in [9.17, 15) is 17.6 Å². The maximum Gasteiger partial charge on any atom is 0.263 e. The van der Waals surface area contributed by atoms with Gasteiger partial charge in [-0.25, -0.2) is 17.8 Å². The molecule has 0 aliphatic carbocycles. The highest BCUT2D eigenvalue weighted by atomic mass is 32.2. The van der Waals surface area contributed by atoms with Gasteiger partial charge in [-0.05, 0) is 48.2 Å². The maximum absolute atomic E-state index is 14.4. The Bertz CT molecular complexity index is 1350. The second-order valence-corrected chi connectivity index (χ2v) is 9.59. The van der Waals surface area contributed by atoms with Crippen LogP contribution in [0.5, 0.6) is 0 Å². The summed E-state index contributed by atoms with van der Waals surface area (Å²) in [5.74, 6) is -1.01. The number of carbonyl (C=O) groups is 1. The first-order valence-electron chi connectivity index (χ1n) is 9.55. The summed E-state index contributed by atoms with van der Waals surface area (Å²) in [6, 6.07) is 12.9. The van der Waals surface area contributed by atoms with E-state index in [0.29, 0.717) is 16.9 Å². The summed E-state index contributed by atoms with van der Waals surface area (Å²) in [7, 11) is -3.95. The third-order valence-corrected chi connectivity index (χ3v) is 7.14. The van der Waals surface area contributed by atoms with E-state index in [1.165, 1.54) is 23.8 Å². The van der Waals surface area contributed by atoms with Crippen LogP contribution in [0.3, 0.4) is 0 Å². The molecular weight excluding hydrogens is 451 g/mol. The van der Waals surface area contributed by atoms with Crippen molar-refractivity contribution >= 4 is 33.0 Å². The van der Waals surface area contributed by atoms with Crippen LogP contribution in [0, 0.1) is 12.7 Å². The van der Waals surface area contributed by atoms with Gasteiger partial charge in [-0.1, -0.05) is 23.8 Å². The Labute approximate surface area is 188 Å². The van der Waals surface area contributed by atoms with Crippen LogP contribution in [0.25, 0.3) is 5.69 Å². The largest absolute Gasteiger partial charge is 0.347 e. The van der Waals surface area contributed by atoms with E-state index in [0.717, 1.165) is 16.9 Å². The number of hydrogen-bond acceptors (Lipinski definition) is 5. The second kappa shape index (κ2) is 8.93. The molecular formula is C22H19FN4O3S2. The standard InChI is InChI=1S/C22H19FN4O3S2/c1-15-2-5-17(6-3-15)26-32(29,30)20-8-11-31-21(20)22(28)25-13-16-4-7-19(18(23)12-16)27-10-9-24-14-27/h2-12,14,26H,13H2,1H3,(H,25,28). The number of carbonyl (C=O) groups excluding carboxylic acids is 1. The van der Waals surface area contributed by atoms with Crippen LogP contribution in [-0.2, 0) is 16.6 Å². The summed E-state index contributed by atoms with van der Waals surface area (Å²) in [6.45, 7) is 1.94. The fourth-order valence-electron chi connectivity index (χ4n) is 3.04. The van der Waals surface area contributed by atoms with Crippen molar-refractivity contribution in [3.8, 4) is 5.69 Å². The molecule has 2 N–H and O–H groups in total. The molecule has 4 rings (SSSR count). The summed E-state index contributed by atoms with van der Waals surface area (Å²) in [6.07, 6.45) is 4.67. The van der Waals surface area contributed by atoms with Gasteiger partial charge in [0.2, 0.25) is 0 Å². The molecule has 0 aliphatic heterocycles. The lowest BCUT2D eigenvalue weighted by Crippen LogP contribution is -2.24. The predicted octanol–water partition coefficient (Wildman–Crippen LogP) is 4.11. The van der Waals surface area contributed by atoms with Crippen molar-refractivity contribution < 1.29 is 17.6 Å². The van der Waals surface area contributed by atoms with Crippen molar-refractivity contribution in [3.63, 3.8) is 0 Å². The van der Waals surface area contributed by atoms with Gasteiger partial charge in [-0.2, -0.15) is 0 Å². The lowest BCUT2D eigenvalue weighted by atomic mass is 10.2. The van der Waals surface area contributed by atoms with Crippen LogP contribution in [-0.4, -0.2) is 23.9 Å². The molecule has 0 atom stereocenters. The van der Waals surface area contributed by atoms with Crippen molar-refractivity contribution in [1.29, 1.82) is 0 Å². The van der Waals surface area contributed by atoms with E-state index in [2.05, 4.69) is 15.0 Å². The van der Waals surface area contributed by atoms with Gasteiger partial charge in [-0.15, -0.1) is 11.3 Å². The number of anilines is 1. The number of hydrogen-bond donors (Lipinski definition) is 2. The molecule has 0 spiro atoms. The molecule has 0 saturated heterocycles. The average Bonchev–Trinajstić information content (AvgIpc) is 3.46. The van der Waals surface area contributed by atoms with Crippen molar-refractivity contribution in [1.82, 2.24) is 14.9 Å². The third-order valence-electron chi connectivity index (χ3n) is 4.68. The molecule has 1 amide bonds. The minimum atomic E-state index is -3.95. The molecule has 2 heterocycles. The third kappa shape index (κ3) is 4.71. The van der Waals surface area contributed by atoms with Crippen LogP contribution in [0.4, 0.5) is 10.1 Å². The molecule has 0 radical (unpaired) electrons. The normalized spacial score (nSPS) is 11.3. The number of imidazole rings is 1. The minimum Gasteiger partial charge on any atom is -0.347 e. The minimum absolute atomic E-state index is 0.0444. The van der Waals surface area contributed by atoms with Gasteiger partial charge >= 0.3 is 0 Å². The monoisotopic (exact) mass is 470 g/mol. The summed E-state index contributed by atoms with van der Waals surface area (Å²) >= 11 is 1.02. The zero-order valence-electron chi connectivity index (χ0n) is 16.9. The topological polar surface area (TPSA) is 93.1 Å². The van der Waals surface area contributed by atoms with Crippen molar-refractivity contribution in [2.45, 2.75) is 18.4 Å². The lowest BCUT2D eigenvalue weighted by Gasteiger charge is -2.10. The maximum atomic E-state index is 14.4. The quantitative estimate of drug-likeness (QED) is 0.425. The Balaban J connectivity index is 1.46. The molecule has 0 unspecified atom stereocenters. The predicted molar refractivity (Wildman–Crippen MR) is 121 cm³/mol. The fraction of sp³-hybridized carbons (Fsp3) is 0.0909. The van der Waals surface area contributed by atoms with Gasteiger partial charge in [0.1, 0.15) is 15.6 Å². The molecule has 2 aromatic carbocycles. The summed E-state index contributed by atoms with van der Waals surface area (Å²) < 4.78 is 44.0. The van der Waals surface area contributed by atoms with Crippen LogP contribution in [0.2, 0.25) is 0 Å². The van der Waals surface area contributed by atoms with E-state index < -0.39 is 21.7 Å². The molecule has 0 saturated carbocycles. The Kier molecular flexibility index (Phi) is 6.06. The molecule has 0 fully saturated rings. The van der Waals surface area contributed by atoms with Gasteiger partial charge < -0.3 is 9.88 Å². The second-order valence-electron chi connectivity index (χ2n) is 7.02. The molecule has 10 heteroatoms. The number of nitrogens with one attached hydrogen (secondary N) is 2.